The van der Waals surface area contributed by atoms with E-state index < -0.39 is 5.97 Å². The molecule has 0 saturated heterocycles. The first-order valence-electron chi connectivity index (χ1n) is 9.68. The maximum absolute atomic E-state index is 11.8. The van der Waals surface area contributed by atoms with E-state index in [1.165, 1.54) is 24.0 Å². The average molecular weight is 361 g/mol. The molecule has 0 bridgehead atoms. The minimum absolute atomic E-state index is 0.204. The van der Waals surface area contributed by atoms with Crippen LogP contribution in [0.25, 0.3) is 5.57 Å². The number of benzene rings is 2. The highest BCUT2D eigenvalue weighted by atomic mass is 16.4. The van der Waals surface area contributed by atoms with Crippen LogP contribution in [0.2, 0.25) is 0 Å². The van der Waals surface area contributed by atoms with E-state index >= 15 is 0 Å². The van der Waals surface area contributed by atoms with Gasteiger partial charge in [-0.05, 0) is 41.5 Å². The van der Waals surface area contributed by atoms with Crippen molar-refractivity contribution in [3.05, 3.63) is 76.4 Å². The van der Waals surface area contributed by atoms with Crippen molar-refractivity contribution in [1.29, 1.82) is 5.26 Å². The summed E-state index contributed by atoms with van der Waals surface area (Å²) in [4.78, 5) is 11.8. The third-order valence-corrected chi connectivity index (χ3v) is 4.84. The van der Waals surface area contributed by atoms with E-state index in [1.54, 1.807) is 0 Å². The first-order chi connectivity index (χ1) is 13.1. The van der Waals surface area contributed by atoms with E-state index in [2.05, 4.69) is 19.9 Å². The SMILES string of the molecule is CCCCCCc1c(CC)cccc1/C(=C(\C#N)C(=O)O)c1ccccc1. The van der Waals surface area contributed by atoms with Crippen LogP contribution in [0.4, 0.5) is 0 Å². The lowest BCUT2D eigenvalue weighted by Gasteiger charge is -2.18. The zero-order valence-electron chi connectivity index (χ0n) is 16.2. The molecule has 0 amide bonds. The van der Waals surface area contributed by atoms with Crippen LogP contribution in [-0.2, 0) is 17.6 Å². The highest BCUT2D eigenvalue weighted by Gasteiger charge is 2.21. The van der Waals surface area contributed by atoms with Gasteiger partial charge in [0.15, 0.2) is 0 Å². The molecule has 2 rings (SSSR count). The Kier molecular flexibility index (Phi) is 7.82. The van der Waals surface area contributed by atoms with Gasteiger partial charge in [0.1, 0.15) is 11.6 Å². The van der Waals surface area contributed by atoms with Crippen LogP contribution in [0.5, 0.6) is 0 Å². The molecule has 0 spiro atoms. The Morgan fingerprint density at radius 2 is 1.74 bits per heavy atom. The van der Waals surface area contributed by atoms with Crippen LogP contribution in [-0.4, -0.2) is 11.1 Å². The molecule has 0 radical (unpaired) electrons. The monoisotopic (exact) mass is 361 g/mol. The first-order valence-corrected chi connectivity index (χ1v) is 9.68. The van der Waals surface area contributed by atoms with Crippen LogP contribution in [0.3, 0.4) is 0 Å². The molecule has 0 saturated carbocycles. The second-order valence-corrected chi connectivity index (χ2v) is 6.64. The van der Waals surface area contributed by atoms with Crippen molar-refractivity contribution in [2.24, 2.45) is 0 Å². The molecule has 27 heavy (non-hydrogen) atoms. The highest BCUT2D eigenvalue weighted by molar-refractivity contribution is 6.04. The van der Waals surface area contributed by atoms with Crippen molar-refractivity contribution in [3.63, 3.8) is 0 Å². The van der Waals surface area contributed by atoms with Crippen molar-refractivity contribution < 1.29 is 9.90 Å². The molecule has 0 atom stereocenters. The number of nitriles is 1. The number of nitrogens with zero attached hydrogens (tertiary/aromatic N) is 1. The molecule has 0 heterocycles. The van der Waals surface area contributed by atoms with Gasteiger partial charge in [0.2, 0.25) is 0 Å². The molecule has 140 valence electrons. The molecule has 0 aromatic heterocycles. The van der Waals surface area contributed by atoms with Gasteiger partial charge in [0.05, 0.1) is 0 Å². The smallest absolute Gasteiger partial charge is 0.347 e. The molecule has 0 aliphatic heterocycles. The molecule has 3 heteroatoms. The van der Waals surface area contributed by atoms with Gasteiger partial charge in [0, 0.05) is 5.57 Å². The van der Waals surface area contributed by atoms with Gasteiger partial charge in [-0.15, -0.1) is 0 Å². The topological polar surface area (TPSA) is 61.1 Å². The number of carboxylic acid groups (broad SMARTS) is 1. The van der Waals surface area contributed by atoms with Gasteiger partial charge < -0.3 is 5.11 Å². The van der Waals surface area contributed by atoms with Crippen LogP contribution in [0, 0.1) is 11.3 Å². The Balaban J connectivity index is 2.66. The number of hydrogen-bond donors (Lipinski definition) is 1. The molecule has 0 fully saturated rings. The molecule has 1 N–H and O–H groups in total. The lowest BCUT2D eigenvalue weighted by atomic mass is 9.85. The fraction of sp³-hybridized carbons (Fsp3) is 0.333. The van der Waals surface area contributed by atoms with Crippen LogP contribution >= 0.6 is 0 Å². The fourth-order valence-corrected chi connectivity index (χ4v) is 3.47. The standard InChI is InChI=1S/C24H27NO2/c1-3-5-6-10-15-20-18(4-2)14-11-16-21(20)23(22(17-25)24(26)27)19-12-8-7-9-13-19/h7-9,11-14,16H,3-6,10,15H2,1-2H3,(H,26,27)/b23-22+. The number of unbranched alkanes of at least 4 members (excludes halogenated alkanes) is 3. The van der Waals surface area contributed by atoms with Crippen molar-refractivity contribution in [2.45, 2.75) is 52.4 Å². The summed E-state index contributed by atoms with van der Waals surface area (Å²) in [6.07, 6.45) is 6.37. The summed E-state index contributed by atoms with van der Waals surface area (Å²) in [6, 6.07) is 17.3. The van der Waals surface area contributed by atoms with Crippen LogP contribution in [0.15, 0.2) is 54.1 Å². The number of aryl methyl sites for hydroxylation is 1. The molecule has 2 aromatic carbocycles. The quantitative estimate of drug-likeness (QED) is 0.350. The number of carboxylic acids is 1. The third kappa shape index (κ3) is 5.08. The summed E-state index contributed by atoms with van der Waals surface area (Å²) in [5.74, 6) is -1.19. The second-order valence-electron chi connectivity index (χ2n) is 6.64. The summed E-state index contributed by atoms with van der Waals surface area (Å²) in [5, 5.41) is 19.2. The molecular formula is C24H27NO2. The molecule has 3 nitrogen and oxygen atoms in total. The Bertz CT molecular complexity index is 844. The van der Waals surface area contributed by atoms with Crippen LogP contribution in [0.1, 0.15) is 61.8 Å². The Morgan fingerprint density at radius 1 is 1.00 bits per heavy atom. The zero-order valence-corrected chi connectivity index (χ0v) is 16.2. The summed E-state index contributed by atoms with van der Waals surface area (Å²) in [5.41, 5.74) is 4.34. The predicted molar refractivity (Wildman–Crippen MR) is 109 cm³/mol. The van der Waals surface area contributed by atoms with Gasteiger partial charge in [-0.2, -0.15) is 5.26 Å². The van der Waals surface area contributed by atoms with E-state index in [0.717, 1.165) is 36.8 Å². The van der Waals surface area contributed by atoms with Crippen molar-refractivity contribution in [1.82, 2.24) is 0 Å². The van der Waals surface area contributed by atoms with Crippen molar-refractivity contribution >= 4 is 11.5 Å². The van der Waals surface area contributed by atoms with E-state index in [4.69, 9.17) is 0 Å². The van der Waals surface area contributed by atoms with Gasteiger partial charge in [-0.3, -0.25) is 0 Å². The van der Waals surface area contributed by atoms with E-state index in [1.807, 2.05) is 48.5 Å². The first kappa shape index (κ1) is 20.5. The third-order valence-electron chi connectivity index (χ3n) is 4.84. The lowest BCUT2D eigenvalue weighted by Crippen LogP contribution is -2.07. The Morgan fingerprint density at radius 3 is 2.33 bits per heavy atom. The maximum atomic E-state index is 11.8. The van der Waals surface area contributed by atoms with Gasteiger partial charge in [-0.25, -0.2) is 4.79 Å². The summed E-state index contributed by atoms with van der Waals surface area (Å²) >= 11 is 0. The summed E-state index contributed by atoms with van der Waals surface area (Å²) in [6.45, 7) is 4.30. The predicted octanol–water partition coefficient (Wildman–Crippen LogP) is 5.78. The van der Waals surface area contributed by atoms with Crippen molar-refractivity contribution in [2.75, 3.05) is 0 Å². The average Bonchev–Trinajstić information content (AvgIpc) is 2.69. The summed E-state index contributed by atoms with van der Waals surface area (Å²) < 4.78 is 0. The Labute approximate surface area is 162 Å². The van der Waals surface area contributed by atoms with E-state index in [0.29, 0.717) is 5.57 Å². The molecule has 0 aliphatic rings. The van der Waals surface area contributed by atoms with E-state index in [-0.39, 0.29) is 5.57 Å². The number of hydrogen-bond acceptors (Lipinski definition) is 2. The van der Waals surface area contributed by atoms with Gasteiger partial charge in [-0.1, -0.05) is 81.6 Å². The second kappa shape index (κ2) is 10.3. The molecule has 2 aromatic rings. The normalized spacial score (nSPS) is 11.6. The molecule has 0 aliphatic carbocycles. The van der Waals surface area contributed by atoms with Crippen LogP contribution < -0.4 is 0 Å². The van der Waals surface area contributed by atoms with Crippen molar-refractivity contribution in [3.8, 4) is 6.07 Å². The molecule has 0 unspecified atom stereocenters. The minimum Gasteiger partial charge on any atom is -0.477 e. The largest absolute Gasteiger partial charge is 0.477 e. The minimum atomic E-state index is -1.19. The lowest BCUT2D eigenvalue weighted by molar-refractivity contribution is -0.132. The molecular weight excluding hydrogens is 334 g/mol. The Hall–Kier alpha value is -2.86. The van der Waals surface area contributed by atoms with Gasteiger partial charge in [0.25, 0.3) is 0 Å². The zero-order chi connectivity index (χ0) is 19.6. The fourth-order valence-electron chi connectivity index (χ4n) is 3.47. The maximum Gasteiger partial charge on any atom is 0.347 e. The van der Waals surface area contributed by atoms with Gasteiger partial charge >= 0.3 is 5.97 Å². The van der Waals surface area contributed by atoms with E-state index in [9.17, 15) is 15.2 Å². The number of carbonyl (C=O) groups is 1. The number of aliphatic carboxylic acids is 1. The highest BCUT2D eigenvalue weighted by Crippen LogP contribution is 2.32. The summed E-state index contributed by atoms with van der Waals surface area (Å²) in [7, 11) is 0. The number of rotatable bonds is 9.